The van der Waals surface area contributed by atoms with Gasteiger partial charge < -0.3 is 19.1 Å². The van der Waals surface area contributed by atoms with Crippen molar-refractivity contribution in [3.8, 4) is 11.5 Å². The lowest BCUT2D eigenvalue weighted by molar-refractivity contribution is -0.118. The zero-order valence-corrected chi connectivity index (χ0v) is 22.8. The Morgan fingerprint density at radius 2 is 1.59 bits per heavy atom. The third kappa shape index (κ3) is 8.32. The van der Waals surface area contributed by atoms with Crippen molar-refractivity contribution >= 4 is 11.6 Å². The fourth-order valence-corrected chi connectivity index (χ4v) is 5.19. The summed E-state index contributed by atoms with van der Waals surface area (Å²) >= 11 is 0. The number of likely N-dealkylation sites (tertiary alicyclic amines) is 1. The molecule has 1 unspecified atom stereocenters. The van der Waals surface area contributed by atoms with Gasteiger partial charge in [-0.3, -0.25) is 9.69 Å². The fourth-order valence-electron chi connectivity index (χ4n) is 5.19. The number of benzene rings is 3. The molecule has 2 heterocycles. The molecular formula is C33H40N2O4. The summed E-state index contributed by atoms with van der Waals surface area (Å²) in [5, 5.41) is 0. The highest BCUT2D eigenvalue weighted by Gasteiger charge is 2.18. The third-order valence-electron chi connectivity index (χ3n) is 7.46. The Hall–Kier alpha value is -3.35. The van der Waals surface area contributed by atoms with Gasteiger partial charge in [-0.05, 0) is 92.7 Å². The van der Waals surface area contributed by atoms with Crippen molar-refractivity contribution in [3.05, 3.63) is 90.0 Å². The number of nitrogens with zero attached hydrogens (tertiary/aromatic N) is 2. The maximum Gasteiger partial charge on any atom is 0.227 e. The van der Waals surface area contributed by atoms with Gasteiger partial charge in [0.15, 0.2) is 6.29 Å². The second-order valence-electron chi connectivity index (χ2n) is 10.4. The van der Waals surface area contributed by atoms with E-state index in [-0.39, 0.29) is 12.2 Å². The molecule has 6 nitrogen and oxygen atoms in total. The van der Waals surface area contributed by atoms with Gasteiger partial charge in [-0.25, -0.2) is 0 Å². The smallest absolute Gasteiger partial charge is 0.227 e. The predicted molar refractivity (Wildman–Crippen MR) is 154 cm³/mol. The van der Waals surface area contributed by atoms with E-state index in [1.165, 1.54) is 31.5 Å². The minimum atomic E-state index is -0.170. The molecule has 0 spiro atoms. The molecule has 5 rings (SSSR count). The molecule has 39 heavy (non-hydrogen) atoms. The van der Waals surface area contributed by atoms with Gasteiger partial charge >= 0.3 is 0 Å². The number of carbonyl (C=O) groups is 1. The van der Waals surface area contributed by atoms with E-state index >= 15 is 0 Å². The van der Waals surface area contributed by atoms with Crippen molar-refractivity contribution in [3.63, 3.8) is 0 Å². The van der Waals surface area contributed by atoms with Crippen LogP contribution in [0.5, 0.6) is 11.5 Å². The monoisotopic (exact) mass is 528 g/mol. The Morgan fingerprint density at radius 3 is 2.31 bits per heavy atom. The van der Waals surface area contributed by atoms with Crippen LogP contribution in [0.4, 0.5) is 5.69 Å². The van der Waals surface area contributed by atoms with Crippen LogP contribution in [0.1, 0.15) is 49.7 Å². The summed E-state index contributed by atoms with van der Waals surface area (Å²) in [6.45, 7) is 5.22. The van der Waals surface area contributed by atoms with Crippen LogP contribution in [0.25, 0.3) is 0 Å². The first-order chi connectivity index (χ1) is 19.2. The van der Waals surface area contributed by atoms with Crippen LogP contribution in [0.15, 0.2) is 78.9 Å². The van der Waals surface area contributed by atoms with Gasteiger partial charge in [0, 0.05) is 25.1 Å². The van der Waals surface area contributed by atoms with Gasteiger partial charge in [-0.2, -0.15) is 0 Å². The lowest BCUT2D eigenvalue weighted by Gasteiger charge is -2.25. The SMILES string of the molecule is O=C(CCc1ccccc1)N(Cc1ccc(OC2CCCCO2)cc1)c1ccc(OCCN2CCCC2)cc1. The fraction of sp³-hybridized carbons (Fsp3) is 0.424. The second kappa shape index (κ2) is 14.2. The Morgan fingerprint density at radius 1 is 0.846 bits per heavy atom. The Labute approximate surface area is 232 Å². The van der Waals surface area contributed by atoms with Crippen LogP contribution < -0.4 is 14.4 Å². The molecule has 0 saturated carbocycles. The summed E-state index contributed by atoms with van der Waals surface area (Å²) < 4.78 is 17.7. The first kappa shape index (κ1) is 27.2. The van der Waals surface area contributed by atoms with E-state index < -0.39 is 0 Å². The standard InChI is InChI=1S/C33H40N2O4/c36-32(20-13-27-8-2-1-3-9-27)35(26-28-11-16-31(17-12-28)39-33-10-4-7-24-38-33)29-14-18-30(19-15-29)37-25-23-34-21-5-6-22-34/h1-3,8-9,11-12,14-19,33H,4-7,10,13,20-26H2. The summed E-state index contributed by atoms with van der Waals surface area (Å²) in [6, 6.07) is 26.1. The van der Waals surface area contributed by atoms with E-state index in [4.69, 9.17) is 14.2 Å². The number of hydrogen-bond donors (Lipinski definition) is 0. The molecule has 1 atom stereocenters. The van der Waals surface area contributed by atoms with Gasteiger partial charge in [0.25, 0.3) is 0 Å². The zero-order valence-electron chi connectivity index (χ0n) is 22.8. The molecule has 0 radical (unpaired) electrons. The third-order valence-corrected chi connectivity index (χ3v) is 7.46. The maximum absolute atomic E-state index is 13.5. The largest absolute Gasteiger partial charge is 0.492 e. The molecule has 2 aliphatic rings. The van der Waals surface area contributed by atoms with Crippen LogP contribution >= 0.6 is 0 Å². The summed E-state index contributed by atoms with van der Waals surface area (Å²) in [4.78, 5) is 17.8. The molecule has 3 aromatic carbocycles. The second-order valence-corrected chi connectivity index (χ2v) is 10.4. The van der Waals surface area contributed by atoms with Crippen LogP contribution in [-0.2, 0) is 22.5 Å². The average Bonchev–Trinajstić information content (AvgIpc) is 3.51. The van der Waals surface area contributed by atoms with Gasteiger partial charge in [0.05, 0.1) is 13.2 Å². The van der Waals surface area contributed by atoms with Crippen LogP contribution in [0.3, 0.4) is 0 Å². The minimum absolute atomic E-state index is 0.0949. The van der Waals surface area contributed by atoms with Crippen LogP contribution in [-0.4, -0.2) is 49.9 Å². The normalized spacial score (nSPS) is 17.6. The molecule has 3 aromatic rings. The lowest BCUT2D eigenvalue weighted by Crippen LogP contribution is -2.30. The molecule has 2 aliphatic heterocycles. The van der Waals surface area contributed by atoms with E-state index in [0.717, 1.165) is 55.2 Å². The highest BCUT2D eigenvalue weighted by Crippen LogP contribution is 2.25. The van der Waals surface area contributed by atoms with Crippen molar-refractivity contribution in [1.82, 2.24) is 4.90 Å². The molecule has 1 amide bonds. The molecule has 0 bridgehead atoms. The van der Waals surface area contributed by atoms with Gasteiger partial charge in [-0.1, -0.05) is 42.5 Å². The number of ether oxygens (including phenoxy) is 3. The van der Waals surface area contributed by atoms with Crippen LogP contribution in [0.2, 0.25) is 0 Å². The first-order valence-corrected chi connectivity index (χ1v) is 14.4. The number of carbonyl (C=O) groups excluding carboxylic acids is 1. The molecule has 6 heteroatoms. The average molecular weight is 529 g/mol. The summed E-state index contributed by atoms with van der Waals surface area (Å²) in [7, 11) is 0. The number of rotatable bonds is 12. The summed E-state index contributed by atoms with van der Waals surface area (Å²) in [5.74, 6) is 1.72. The van der Waals surface area contributed by atoms with Gasteiger partial charge in [-0.15, -0.1) is 0 Å². The van der Waals surface area contributed by atoms with Crippen molar-refractivity contribution in [2.24, 2.45) is 0 Å². The minimum Gasteiger partial charge on any atom is -0.492 e. The Balaban J connectivity index is 1.23. The first-order valence-electron chi connectivity index (χ1n) is 14.4. The quantitative estimate of drug-likeness (QED) is 0.279. The molecule has 206 valence electrons. The molecular weight excluding hydrogens is 488 g/mol. The van der Waals surface area contributed by atoms with Crippen LogP contribution in [0, 0.1) is 0 Å². The van der Waals surface area contributed by atoms with E-state index in [1.54, 1.807) is 0 Å². The maximum atomic E-state index is 13.5. The van der Waals surface area contributed by atoms with E-state index in [9.17, 15) is 4.79 Å². The Kier molecular flexibility index (Phi) is 9.88. The summed E-state index contributed by atoms with van der Waals surface area (Å²) in [6.07, 6.45) is 6.70. The lowest BCUT2D eigenvalue weighted by atomic mass is 10.1. The number of amides is 1. The van der Waals surface area contributed by atoms with E-state index in [1.807, 2.05) is 71.6 Å². The molecule has 0 aliphatic carbocycles. The molecule has 0 N–H and O–H groups in total. The van der Waals surface area contributed by atoms with E-state index in [0.29, 0.717) is 26.0 Å². The van der Waals surface area contributed by atoms with Gasteiger partial charge in [0.1, 0.15) is 18.1 Å². The number of anilines is 1. The van der Waals surface area contributed by atoms with Crippen molar-refractivity contribution < 1.29 is 19.0 Å². The van der Waals surface area contributed by atoms with Crippen molar-refractivity contribution in [2.75, 3.05) is 37.7 Å². The molecule has 2 fully saturated rings. The number of hydrogen-bond acceptors (Lipinski definition) is 5. The van der Waals surface area contributed by atoms with Gasteiger partial charge in [0.2, 0.25) is 5.91 Å². The summed E-state index contributed by atoms with van der Waals surface area (Å²) in [5.41, 5.74) is 3.08. The zero-order chi connectivity index (χ0) is 26.7. The topological polar surface area (TPSA) is 51.2 Å². The highest BCUT2D eigenvalue weighted by atomic mass is 16.7. The van der Waals surface area contributed by atoms with Crippen molar-refractivity contribution in [1.29, 1.82) is 0 Å². The predicted octanol–water partition coefficient (Wildman–Crippen LogP) is 6.23. The van der Waals surface area contributed by atoms with E-state index in [2.05, 4.69) is 17.0 Å². The molecule has 0 aromatic heterocycles. The Bertz CT molecular complexity index is 1140. The highest BCUT2D eigenvalue weighted by molar-refractivity contribution is 5.93. The van der Waals surface area contributed by atoms with Crippen molar-refractivity contribution in [2.45, 2.75) is 57.8 Å². The number of aryl methyl sites for hydroxylation is 1. The molecule has 2 saturated heterocycles.